The van der Waals surface area contributed by atoms with E-state index in [0.717, 1.165) is 43.1 Å². The molecule has 3 N–H and O–H groups in total. The third-order valence-electron chi connectivity index (χ3n) is 16.0. The zero-order valence-corrected chi connectivity index (χ0v) is 67.3. The second-order valence-electron chi connectivity index (χ2n) is 23.0. The summed E-state index contributed by atoms with van der Waals surface area (Å²) in [6.07, 6.45) is 4.85. The third-order valence-corrected chi connectivity index (χ3v) is 18.8. The number of ether oxygens (including phenoxy) is 1. The quantitative estimate of drug-likeness (QED) is 0.0528. The number of carbonyl (C=O) groups excluding carboxylic acids is 3. The number of carboxylic acids is 1. The molecule has 3 amide bonds. The van der Waals surface area contributed by atoms with Crippen LogP contribution in [0, 0.1) is 58.3 Å². The SMILES string of the molecule is CN(C(=O)c1cc2cc(Br)cc(F)c2[nH]1)c1ccccc1.CN(C(=O)c1cc2cc(Br)cc(F)c2n1CC#N)c1ccccc1.C[C@@H]1COS(=O)(=O)O1.C[C@H]1C[C@]1(C#N)n1c(C(=O)N(C)c2ccccc2)cc2cc(Br)cc(F)c21.O=C(O)c1cc2cc(Br)cc(F)c2[nH]1.[CH-]1CCOCC1.[Zn+][I]. The van der Waals surface area contributed by atoms with E-state index in [1.165, 1.54) is 64.4 Å². The van der Waals surface area contributed by atoms with Crippen LogP contribution in [0.5, 0.6) is 0 Å². The number of fused-ring (bicyclic) bond motifs is 4. The number of benzene rings is 7. The number of aromatic carboxylic acids is 1. The first-order valence-corrected chi connectivity index (χ1v) is 44.4. The number of nitrogens with one attached hydrogen (secondary N) is 2. The summed E-state index contributed by atoms with van der Waals surface area (Å²) in [6, 6.07) is 50.6. The summed E-state index contributed by atoms with van der Waals surface area (Å²) < 4.78 is 95.7. The van der Waals surface area contributed by atoms with Gasteiger partial charge >= 0.3 is 50.9 Å². The van der Waals surface area contributed by atoms with Crippen molar-refractivity contribution in [3.05, 3.63) is 234 Å². The number of nitriles is 2. The number of rotatable bonds is 9. The second-order valence-corrected chi connectivity index (χ2v) is 27.9. The first-order chi connectivity index (χ1) is 48.6. The molecule has 1 aliphatic carbocycles. The number of carboxylic acid groups (broad SMARTS) is 1. The van der Waals surface area contributed by atoms with Crippen LogP contribution in [-0.2, 0) is 50.4 Å². The molecular weight excluding hydrogens is 1770 g/mol. The molecule has 4 aromatic heterocycles. The van der Waals surface area contributed by atoms with Crippen molar-refractivity contribution < 1.29 is 78.2 Å². The molecule has 3 atom stereocenters. The van der Waals surface area contributed by atoms with E-state index in [4.69, 9.17) is 15.1 Å². The number of anilines is 3. The Morgan fingerprint density at radius 1 is 0.618 bits per heavy atom. The summed E-state index contributed by atoms with van der Waals surface area (Å²) in [5, 5.41) is 30.0. The number of halogens is 9. The van der Waals surface area contributed by atoms with Gasteiger partial charge in [0, 0.05) is 90.9 Å². The van der Waals surface area contributed by atoms with Crippen LogP contribution in [0.4, 0.5) is 34.6 Å². The molecule has 0 unspecified atom stereocenters. The van der Waals surface area contributed by atoms with Crippen LogP contribution in [0.2, 0.25) is 0 Å². The van der Waals surface area contributed by atoms with Crippen molar-refractivity contribution in [3.63, 3.8) is 0 Å². The number of aromatic nitrogens is 4. The van der Waals surface area contributed by atoms with Gasteiger partial charge in [-0.2, -0.15) is 31.8 Å². The number of carbonyl (C=O) groups is 4. The van der Waals surface area contributed by atoms with Gasteiger partial charge in [-0.15, -0.1) is 0 Å². The molecule has 14 rings (SSSR count). The van der Waals surface area contributed by atoms with Crippen LogP contribution in [0.3, 0.4) is 0 Å². The molecular formula is C72H62Br4F4IN9O10SZn. The van der Waals surface area contributed by atoms with Crippen LogP contribution < -0.4 is 14.7 Å². The topological polar surface area (TPSA) is 249 Å². The second kappa shape index (κ2) is 36.2. The van der Waals surface area contributed by atoms with Gasteiger partial charge in [0.25, 0.3) is 17.7 Å². The zero-order chi connectivity index (χ0) is 74.3. The van der Waals surface area contributed by atoms with Gasteiger partial charge in [0.1, 0.15) is 64.2 Å². The van der Waals surface area contributed by atoms with E-state index in [9.17, 15) is 50.4 Å². The van der Waals surface area contributed by atoms with Gasteiger partial charge in [0.2, 0.25) is 0 Å². The molecule has 2 saturated heterocycles. The third kappa shape index (κ3) is 19.6. The fraction of sp³-hybridized carbons (Fsp3) is 0.208. The molecule has 0 spiro atoms. The van der Waals surface area contributed by atoms with E-state index in [1.54, 1.807) is 75.1 Å². The molecule has 0 bridgehead atoms. The summed E-state index contributed by atoms with van der Waals surface area (Å²) in [5.41, 5.74) is 3.38. The molecule has 0 radical (unpaired) electrons. The van der Waals surface area contributed by atoms with Crippen molar-refractivity contribution in [2.24, 2.45) is 5.92 Å². The van der Waals surface area contributed by atoms with Gasteiger partial charge in [-0.1, -0.05) is 125 Å². The number of para-hydroxylation sites is 3. The van der Waals surface area contributed by atoms with Crippen molar-refractivity contribution in [3.8, 4) is 12.1 Å². The summed E-state index contributed by atoms with van der Waals surface area (Å²) in [7, 11) is 1.43. The summed E-state index contributed by atoms with van der Waals surface area (Å²) >= 11 is 16.5. The van der Waals surface area contributed by atoms with E-state index in [1.807, 2.05) is 104 Å². The van der Waals surface area contributed by atoms with E-state index >= 15 is 0 Å². The van der Waals surface area contributed by atoms with Crippen molar-refractivity contribution >= 4 is 178 Å². The summed E-state index contributed by atoms with van der Waals surface area (Å²) in [4.78, 5) is 59.1. The van der Waals surface area contributed by atoms with Crippen LogP contribution in [0.1, 0.15) is 75.1 Å². The monoisotopic (exact) mass is 1830 g/mol. The summed E-state index contributed by atoms with van der Waals surface area (Å²) in [6.45, 7) is 5.50. The van der Waals surface area contributed by atoms with Gasteiger partial charge in [-0.3, -0.25) is 14.4 Å². The molecule has 1 saturated carbocycles. The van der Waals surface area contributed by atoms with Gasteiger partial charge in [-0.25, -0.2) is 30.7 Å². The number of hydrogen-bond acceptors (Lipinski definition) is 11. The first-order valence-electron chi connectivity index (χ1n) is 30.8. The van der Waals surface area contributed by atoms with Crippen LogP contribution in [0.15, 0.2) is 182 Å². The van der Waals surface area contributed by atoms with Gasteiger partial charge in [0.15, 0.2) is 0 Å². The molecule has 6 heterocycles. The minimum atomic E-state index is -3.60. The number of nitrogens with zero attached hydrogens (tertiary/aromatic N) is 7. The average molecular weight is 1830 g/mol. The predicted octanol–water partition coefficient (Wildman–Crippen LogP) is 18.1. The molecule has 2 aliphatic heterocycles. The number of hydrogen-bond donors (Lipinski definition) is 3. The molecule has 7 aromatic carbocycles. The van der Waals surface area contributed by atoms with Gasteiger partial charge in [-0.05, 0) is 128 Å². The predicted molar refractivity (Wildman–Crippen MR) is 402 cm³/mol. The van der Waals surface area contributed by atoms with Gasteiger partial charge < -0.3 is 50.1 Å². The Kier molecular flexibility index (Phi) is 28.4. The summed E-state index contributed by atoms with van der Waals surface area (Å²) in [5.74, 6) is -3.63. The normalized spacial score (nSPS) is 16.0. The average Bonchev–Trinajstić information content (AvgIpc) is 1.54. The van der Waals surface area contributed by atoms with E-state index in [0.29, 0.717) is 68.3 Å². The van der Waals surface area contributed by atoms with Crippen LogP contribution >= 0.6 is 83.5 Å². The number of H-pyrrole nitrogens is 2. The molecule has 526 valence electrons. The van der Waals surface area contributed by atoms with E-state index in [2.05, 4.69) is 114 Å². The van der Waals surface area contributed by atoms with Crippen molar-refractivity contribution in [2.75, 3.05) is 55.7 Å². The number of aromatic amines is 2. The minimum absolute atomic E-state index is 0.0167. The Balaban J connectivity index is 0.000000163. The van der Waals surface area contributed by atoms with E-state index < -0.39 is 39.4 Å². The molecule has 19 nitrogen and oxygen atoms in total. The van der Waals surface area contributed by atoms with Gasteiger partial charge in [0.05, 0.1) is 40.8 Å². The Labute approximate surface area is 639 Å². The van der Waals surface area contributed by atoms with Crippen molar-refractivity contribution in [1.82, 2.24) is 19.1 Å². The Bertz CT molecular complexity index is 5050. The van der Waals surface area contributed by atoms with Crippen molar-refractivity contribution in [1.29, 1.82) is 10.5 Å². The number of amides is 3. The first kappa shape index (κ1) is 80.1. The Hall–Kier alpha value is -7.62. The molecule has 30 heteroatoms. The van der Waals surface area contributed by atoms with Crippen molar-refractivity contribution in [2.45, 2.75) is 51.3 Å². The Morgan fingerprint density at radius 3 is 1.40 bits per heavy atom. The molecule has 3 aliphatic rings. The molecule has 3 fully saturated rings. The molecule has 11 aromatic rings. The fourth-order valence-electron chi connectivity index (χ4n) is 10.9. The standard InChI is InChI=1S/C21H17BrFN3O.C18H13BrFN3O.C16H12BrFN2O.C9H5BrFNO2.C5H9O.C3H6O4S.HI.Zn/c1-13-11-21(13,12-24)26-18(9-14-8-15(22)10-17(23)19(14)26)20(27)25(2)16-6-4-3-5-7-16;1-22(14-5-3-2-4-6-14)18(24)16-10-12-9-13(19)11-15(20)17(12)23(16)8-7-21;1-20(12-5-3-2-4-6-12)16(21)14-8-10-7-11(17)9-13(18)15(10)19-14;10-5-1-4-2-7(9(13)14)12-8(4)6(11)3-5;1-2-4-6-5-3-1;1-3-2-6-8(4,5)7-3;;/h3-10,13H,11H2,1-2H3;2-6,9-11H,8H2,1H3;2-9,19H,1H3;1-3,12H,(H,13,14);1H,2-5H2;3H,2H2,1H3;1H;/q;;;;-1;;;+2/p-1/t13-,21+;;;;;3-;;/m0....1../s1. The maximum absolute atomic E-state index is 14.8. The Morgan fingerprint density at radius 2 is 1.02 bits per heavy atom. The molecule has 102 heavy (non-hydrogen) atoms. The van der Waals surface area contributed by atoms with Crippen LogP contribution in [-0.4, -0.2) is 103 Å². The van der Waals surface area contributed by atoms with E-state index in [-0.39, 0.29) is 71.1 Å². The fourth-order valence-corrected chi connectivity index (χ4v) is 13.6. The van der Waals surface area contributed by atoms with Crippen LogP contribution in [0.25, 0.3) is 43.6 Å². The zero-order valence-electron chi connectivity index (χ0n) is 55.0. The maximum atomic E-state index is 14.8.